The van der Waals surface area contributed by atoms with Crippen LogP contribution < -0.4 is 10.5 Å². The fourth-order valence-electron chi connectivity index (χ4n) is 0.960. The van der Waals surface area contributed by atoms with Gasteiger partial charge in [0.1, 0.15) is 0 Å². The molecule has 0 unspecified atom stereocenters. The largest absolute Gasteiger partial charge is 0.479 e. The van der Waals surface area contributed by atoms with E-state index in [9.17, 15) is 0 Å². The molecule has 0 saturated heterocycles. The van der Waals surface area contributed by atoms with Crippen LogP contribution in [0, 0.1) is 0 Å². The van der Waals surface area contributed by atoms with Gasteiger partial charge in [-0.15, -0.1) is 0 Å². The van der Waals surface area contributed by atoms with Crippen molar-refractivity contribution in [1.82, 2.24) is 4.98 Å². The van der Waals surface area contributed by atoms with Crippen LogP contribution in [0.2, 0.25) is 0 Å². The summed E-state index contributed by atoms with van der Waals surface area (Å²) in [5.74, 6) is 2.10. The van der Waals surface area contributed by atoms with Crippen molar-refractivity contribution in [2.75, 3.05) is 7.11 Å². The highest BCUT2D eigenvalue weighted by atomic mass is 16.5. The summed E-state index contributed by atoms with van der Waals surface area (Å²) in [7, 11) is 1.57. The van der Waals surface area contributed by atoms with E-state index < -0.39 is 0 Å². The third-order valence-corrected chi connectivity index (χ3v) is 1.56. The molecular formula is C8H14N2O2. The van der Waals surface area contributed by atoms with E-state index in [0.717, 1.165) is 5.76 Å². The van der Waals surface area contributed by atoms with E-state index in [4.69, 9.17) is 14.9 Å². The molecule has 0 aliphatic heterocycles. The third kappa shape index (κ3) is 1.58. The summed E-state index contributed by atoms with van der Waals surface area (Å²) in [6, 6.07) is 0. The van der Waals surface area contributed by atoms with Crippen molar-refractivity contribution < 1.29 is 9.15 Å². The number of hydrogen-bond donors (Lipinski definition) is 1. The smallest absolute Gasteiger partial charge is 0.256 e. The predicted octanol–water partition coefficient (Wildman–Crippen LogP) is 1.27. The van der Waals surface area contributed by atoms with E-state index in [0.29, 0.717) is 18.3 Å². The molecule has 0 radical (unpaired) electrons. The van der Waals surface area contributed by atoms with Crippen LogP contribution >= 0.6 is 0 Å². The molecule has 4 heteroatoms. The van der Waals surface area contributed by atoms with Gasteiger partial charge in [0.15, 0.2) is 5.76 Å². The topological polar surface area (TPSA) is 61.3 Å². The standard InChI is InChI=1S/C8H14N2O2/c1-5(2)7-8(11-3)10-6(4-9)12-7/h5H,4,9H2,1-3H3. The van der Waals surface area contributed by atoms with E-state index in [1.54, 1.807) is 7.11 Å². The Bertz CT molecular complexity index is 256. The molecule has 0 fully saturated rings. The number of hydrogen-bond acceptors (Lipinski definition) is 4. The first-order chi connectivity index (χ1) is 5.69. The molecule has 1 rings (SSSR count). The maximum absolute atomic E-state index is 5.38. The molecule has 0 spiro atoms. The van der Waals surface area contributed by atoms with E-state index in [2.05, 4.69) is 4.98 Å². The van der Waals surface area contributed by atoms with E-state index in [1.165, 1.54) is 0 Å². The molecule has 1 heterocycles. The summed E-state index contributed by atoms with van der Waals surface area (Å²) < 4.78 is 10.4. The normalized spacial score (nSPS) is 10.8. The van der Waals surface area contributed by atoms with E-state index in [-0.39, 0.29) is 5.92 Å². The summed E-state index contributed by atoms with van der Waals surface area (Å²) >= 11 is 0. The lowest BCUT2D eigenvalue weighted by atomic mass is 10.2. The first-order valence-corrected chi connectivity index (χ1v) is 3.92. The highest BCUT2D eigenvalue weighted by Gasteiger charge is 2.15. The van der Waals surface area contributed by atoms with E-state index >= 15 is 0 Å². The van der Waals surface area contributed by atoms with Gasteiger partial charge < -0.3 is 14.9 Å². The summed E-state index contributed by atoms with van der Waals surface area (Å²) in [6.45, 7) is 4.34. The molecular weight excluding hydrogens is 156 g/mol. The molecule has 68 valence electrons. The average Bonchev–Trinajstić information content (AvgIpc) is 2.47. The zero-order chi connectivity index (χ0) is 9.14. The van der Waals surface area contributed by atoms with Gasteiger partial charge in [0, 0.05) is 5.92 Å². The fourth-order valence-corrected chi connectivity index (χ4v) is 0.960. The van der Waals surface area contributed by atoms with Gasteiger partial charge in [-0.1, -0.05) is 13.8 Å². The monoisotopic (exact) mass is 170 g/mol. The van der Waals surface area contributed by atoms with Crippen molar-refractivity contribution in [2.45, 2.75) is 26.3 Å². The second-order valence-electron chi connectivity index (χ2n) is 2.84. The number of oxazole rings is 1. The van der Waals surface area contributed by atoms with Crippen LogP contribution in [0.4, 0.5) is 0 Å². The Morgan fingerprint density at radius 1 is 1.58 bits per heavy atom. The minimum atomic E-state index is 0.271. The van der Waals surface area contributed by atoms with Crippen LogP contribution in [0.1, 0.15) is 31.4 Å². The summed E-state index contributed by atoms with van der Waals surface area (Å²) in [6.07, 6.45) is 0. The fraction of sp³-hybridized carbons (Fsp3) is 0.625. The van der Waals surface area contributed by atoms with Crippen LogP contribution in [0.3, 0.4) is 0 Å². The molecule has 4 nitrogen and oxygen atoms in total. The number of rotatable bonds is 3. The molecule has 1 aromatic heterocycles. The Balaban J connectivity index is 3.00. The van der Waals surface area contributed by atoms with Crippen molar-refractivity contribution in [3.05, 3.63) is 11.7 Å². The van der Waals surface area contributed by atoms with Crippen LogP contribution in [-0.4, -0.2) is 12.1 Å². The molecule has 0 aliphatic rings. The number of aromatic nitrogens is 1. The lowest BCUT2D eigenvalue weighted by Gasteiger charge is -2.00. The number of ether oxygens (including phenoxy) is 1. The average molecular weight is 170 g/mol. The molecule has 1 aromatic rings. The summed E-state index contributed by atoms with van der Waals surface area (Å²) in [5.41, 5.74) is 5.38. The first kappa shape index (κ1) is 9.06. The molecule has 0 saturated carbocycles. The number of nitrogens with zero attached hydrogens (tertiary/aromatic N) is 1. The SMILES string of the molecule is COc1nc(CN)oc1C(C)C. The Hall–Kier alpha value is -1.03. The highest BCUT2D eigenvalue weighted by molar-refractivity contribution is 5.19. The molecule has 0 aliphatic carbocycles. The van der Waals surface area contributed by atoms with Crippen LogP contribution in [0.25, 0.3) is 0 Å². The highest BCUT2D eigenvalue weighted by Crippen LogP contribution is 2.26. The van der Waals surface area contributed by atoms with Gasteiger partial charge in [0.25, 0.3) is 5.88 Å². The van der Waals surface area contributed by atoms with Gasteiger partial charge >= 0.3 is 0 Å². The maximum Gasteiger partial charge on any atom is 0.256 e. The minimum absolute atomic E-state index is 0.271. The Kier molecular flexibility index (Phi) is 2.70. The van der Waals surface area contributed by atoms with Crippen molar-refractivity contribution in [3.63, 3.8) is 0 Å². The zero-order valence-electron chi connectivity index (χ0n) is 7.63. The zero-order valence-corrected chi connectivity index (χ0v) is 7.63. The van der Waals surface area contributed by atoms with Gasteiger partial charge in [-0.2, -0.15) is 4.98 Å². The van der Waals surface area contributed by atoms with Gasteiger partial charge in [-0.25, -0.2) is 0 Å². The lowest BCUT2D eigenvalue weighted by Crippen LogP contribution is -1.95. The van der Waals surface area contributed by atoms with Crippen molar-refractivity contribution >= 4 is 0 Å². The Morgan fingerprint density at radius 3 is 2.58 bits per heavy atom. The van der Waals surface area contributed by atoms with Crippen LogP contribution in [-0.2, 0) is 6.54 Å². The quantitative estimate of drug-likeness (QED) is 0.742. The number of methoxy groups -OCH3 is 1. The molecule has 12 heavy (non-hydrogen) atoms. The summed E-state index contributed by atoms with van der Waals surface area (Å²) in [4.78, 5) is 4.05. The minimum Gasteiger partial charge on any atom is -0.479 e. The van der Waals surface area contributed by atoms with Crippen LogP contribution in [0.15, 0.2) is 4.42 Å². The molecule has 0 atom stereocenters. The van der Waals surface area contributed by atoms with Crippen LogP contribution in [0.5, 0.6) is 5.88 Å². The van der Waals surface area contributed by atoms with Crippen molar-refractivity contribution in [2.24, 2.45) is 5.73 Å². The predicted molar refractivity (Wildman–Crippen MR) is 45.0 cm³/mol. The molecule has 0 amide bonds. The maximum atomic E-state index is 5.38. The van der Waals surface area contributed by atoms with Crippen molar-refractivity contribution in [3.8, 4) is 5.88 Å². The molecule has 0 aromatic carbocycles. The second kappa shape index (κ2) is 3.58. The van der Waals surface area contributed by atoms with Gasteiger partial charge in [0.2, 0.25) is 5.89 Å². The summed E-state index contributed by atoms with van der Waals surface area (Å²) in [5, 5.41) is 0. The van der Waals surface area contributed by atoms with Gasteiger partial charge in [-0.3, -0.25) is 0 Å². The van der Waals surface area contributed by atoms with Gasteiger partial charge in [-0.05, 0) is 0 Å². The second-order valence-corrected chi connectivity index (χ2v) is 2.84. The first-order valence-electron chi connectivity index (χ1n) is 3.92. The Labute approximate surface area is 71.7 Å². The van der Waals surface area contributed by atoms with Crippen molar-refractivity contribution in [1.29, 1.82) is 0 Å². The molecule has 0 bridgehead atoms. The molecule has 2 N–H and O–H groups in total. The Morgan fingerprint density at radius 2 is 2.25 bits per heavy atom. The third-order valence-electron chi connectivity index (χ3n) is 1.56. The lowest BCUT2D eigenvalue weighted by molar-refractivity contribution is 0.374. The van der Waals surface area contributed by atoms with E-state index in [1.807, 2.05) is 13.8 Å². The number of nitrogens with two attached hydrogens (primary N) is 1. The van der Waals surface area contributed by atoms with Gasteiger partial charge in [0.05, 0.1) is 13.7 Å².